The van der Waals surface area contributed by atoms with Gasteiger partial charge in [-0.2, -0.15) is 0 Å². The van der Waals surface area contributed by atoms with E-state index in [0.717, 1.165) is 6.42 Å². The number of ether oxygens (including phenoxy) is 1. The number of esters is 1. The summed E-state index contributed by atoms with van der Waals surface area (Å²) in [5.41, 5.74) is 1.16. The number of amides is 1. The van der Waals surface area contributed by atoms with Crippen molar-refractivity contribution in [2.24, 2.45) is 0 Å². The van der Waals surface area contributed by atoms with E-state index in [1.54, 1.807) is 24.3 Å². The lowest BCUT2D eigenvalue weighted by Gasteiger charge is -2.08. The van der Waals surface area contributed by atoms with Crippen molar-refractivity contribution in [2.75, 3.05) is 11.9 Å². The third-order valence-electron chi connectivity index (χ3n) is 3.22. The van der Waals surface area contributed by atoms with Gasteiger partial charge in [-0.05, 0) is 59.3 Å². The zero-order valence-electron chi connectivity index (χ0n) is 13.3. The maximum atomic E-state index is 12.3. The normalized spacial score (nSPS) is 10.2. The lowest BCUT2D eigenvalue weighted by Crippen LogP contribution is -2.14. The number of non-ortho nitro benzene ring substituents is 1. The molecule has 0 aromatic heterocycles. The monoisotopic (exact) mass is 454 g/mol. The van der Waals surface area contributed by atoms with Crippen molar-refractivity contribution < 1.29 is 19.2 Å². The molecule has 2 aromatic carbocycles. The highest BCUT2D eigenvalue weighted by atomic mass is 127. The minimum absolute atomic E-state index is 0.0732. The van der Waals surface area contributed by atoms with Crippen LogP contribution in [-0.4, -0.2) is 23.4 Å². The number of carbonyl (C=O) groups excluding carboxylic acids is 2. The Morgan fingerprint density at radius 3 is 2.44 bits per heavy atom. The second kappa shape index (κ2) is 8.56. The molecule has 0 fully saturated rings. The van der Waals surface area contributed by atoms with Crippen molar-refractivity contribution in [1.29, 1.82) is 0 Å². The van der Waals surface area contributed by atoms with Gasteiger partial charge in [0.15, 0.2) is 0 Å². The smallest absolute Gasteiger partial charge is 0.338 e. The van der Waals surface area contributed by atoms with Gasteiger partial charge in [0.05, 0.1) is 22.7 Å². The SMILES string of the molecule is CCCOC(=O)c1ccc(NC(=O)c2ccc([N+](=O)[O-])cc2I)cc1. The van der Waals surface area contributed by atoms with E-state index in [9.17, 15) is 19.7 Å². The van der Waals surface area contributed by atoms with E-state index in [-0.39, 0.29) is 11.6 Å². The van der Waals surface area contributed by atoms with Crippen molar-refractivity contribution in [1.82, 2.24) is 0 Å². The summed E-state index contributed by atoms with van der Waals surface area (Å²) in [6, 6.07) is 10.3. The van der Waals surface area contributed by atoms with Crippen molar-refractivity contribution in [3.8, 4) is 0 Å². The molecule has 0 radical (unpaired) electrons. The van der Waals surface area contributed by atoms with E-state index in [4.69, 9.17) is 4.74 Å². The average Bonchev–Trinajstić information content (AvgIpc) is 2.60. The van der Waals surface area contributed by atoms with Gasteiger partial charge < -0.3 is 10.1 Å². The molecule has 8 heteroatoms. The fourth-order valence-electron chi connectivity index (χ4n) is 1.97. The molecular formula is C17H15IN2O5. The van der Waals surface area contributed by atoms with Gasteiger partial charge in [-0.1, -0.05) is 6.92 Å². The lowest BCUT2D eigenvalue weighted by molar-refractivity contribution is -0.384. The third-order valence-corrected chi connectivity index (χ3v) is 4.12. The fourth-order valence-corrected chi connectivity index (χ4v) is 2.71. The first-order chi connectivity index (χ1) is 11.9. The van der Waals surface area contributed by atoms with Gasteiger partial charge in [-0.3, -0.25) is 14.9 Å². The standard InChI is InChI=1S/C17H15IN2O5/c1-2-9-25-17(22)11-3-5-12(6-4-11)19-16(21)14-8-7-13(20(23)24)10-15(14)18/h3-8,10H,2,9H2,1H3,(H,19,21). The molecule has 0 aliphatic rings. The Morgan fingerprint density at radius 1 is 1.20 bits per heavy atom. The minimum atomic E-state index is -0.514. The molecule has 1 amide bonds. The molecule has 0 saturated carbocycles. The minimum Gasteiger partial charge on any atom is -0.462 e. The molecule has 0 aliphatic heterocycles. The maximum absolute atomic E-state index is 12.3. The summed E-state index contributed by atoms with van der Waals surface area (Å²) < 4.78 is 5.51. The Hall–Kier alpha value is -2.49. The molecule has 2 rings (SSSR count). The third kappa shape index (κ3) is 4.99. The van der Waals surface area contributed by atoms with Crippen LogP contribution in [0.3, 0.4) is 0 Å². The van der Waals surface area contributed by atoms with Gasteiger partial charge >= 0.3 is 5.97 Å². The molecule has 0 spiro atoms. The Balaban J connectivity index is 2.08. The lowest BCUT2D eigenvalue weighted by atomic mass is 10.1. The Kier molecular flexibility index (Phi) is 6.45. The van der Waals surface area contributed by atoms with Crippen LogP contribution in [0.2, 0.25) is 0 Å². The van der Waals surface area contributed by atoms with Crippen LogP contribution in [-0.2, 0) is 4.74 Å². The summed E-state index contributed by atoms with van der Waals surface area (Å²) in [5, 5.41) is 13.4. The van der Waals surface area contributed by atoms with Crippen LogP contribution < -0.4 is 5.32 Å². The number of halogens is 1. The van der Waals surface area contributed by atoms with Crippen LogP contribution in [0.1, 0.15) is 34.1 Å². The van der Waals surface area contributed by atoms with E-state index in [1.165, 1.54) is 18.2 Å². The molecule has 7 nitrogen and oxygen atoms in total. The second-order valence-corrected chi connectivity index (χ2v) is 6.25. The van der Waals surface area contributed by atoms with Gasteiger partial charge in [0.2, 0.25) is 0 Å². The van der Waals surface area contributed by atoms with Crippen LogP contribution in [0.15, 0.2) is 42.5 Å². The quantitative estimate of drug-likeness (QED) is 0.308. The number of anilines is 1. The van der Waals surface area contributed by atoms with Crippen molar-refractivity contribution >= 4 is 45.8 Å². The summed E-state index contributed by atoms with van der Waals surface area (Å²) in [6.45, 7) is 2.27. The fraction of sp³-hybridized carbons (Fsp3) is 0.176. The maximum Gasteiger partial charge on any atom is 0.338 e. The van der Waals surface area contributed by atoms with Crippen LogP contribution in [0, 0.1) is 13.7 Å². The largest absolute Gasteiger partial charge is 0.462 e. The molecule has 0 aliphatic carbocycles. The van der Waals surface area contributed by atoms with Crippen LogP contribution >= 0.6 is 22.6 Å². The summed E-state index contributed by atoms with van der Waals surface area (Å²) in [7, 11) is 0. The number of nitro groups is 1. The molecule has 25 heavy (non-hydrogen) atoms. The summed E-state index contributed by atoms with van der Waals surface area (Å²) >= 11 is 1.88. The van der Waals surface area contributed by atoms with Gasteiger partial charge in [-0.25, -0.2) is 4.79 Å². The highest BCUT2D eigenvalue weighted by Gasteiger charge is 2.15. The van der Waals surface area contributed by atoms with E-state index in [1.807, 2.05) is 29.5 Å². The molecule has 0 heterocycles. The number of hydrogen-bond acceptors (Lipinski definition) is 5. The Labute approximate surface area is 157 Å². The van der Waals surface area contributed by atoms with Gasteiger partial charge in [0.1, 0.15) is 0 Å². The van der Waals surface area contributed by atoms with E-state index in [2.05, 4.69) is 5.32 Å². The average molecular weight is 454 g/mol. The topological polar surface area (TPSA) is 98.5 Å². The number of hydrogen-bond donors (Lipinski definition) is 1. The first kappa shape index (κ1) is 18.8. The number of nitrogens with one attached hydrogen (secondary N) is 1. The number of carbonyl (C=O) groups is 2. The first-order valence-electron chi connectivity index (χ1n) is 7.45. The van der Waals surface area contributed by atoms with Crippen LogP contribution in [0.4, 0.5) is 11.4 Å². The van der Waals surface area contributed by atoms with E-state index < -0.39 is 10.9 Å². The molecule has 1 N–H and O–H groups in total. The van der Waals surface area contributed by atoms with Crippen LogP contribution in [0.5, 0.6) is 0 Å². The number of benzene rings is 2. The van der Waals surface area contributed by atoms with Crippen molar-refractivity contribution in [3.05, 3.63) is 67.3 Å². The predicted octanol–water partition coefficient (Wildman–Crippen LogP) is 4.02. The predicted molar refractivity (Wildman–Crippen MR) is 101 cm³/mol. The van der Waals surface area contributed by atoms with E-state index in [0.29, 0.717) is 27.0 Å². The second-order valence-electron chi connectivity index (χ2n) is 5.09. The molecule has 0 unspecified atom stereocenters. The van der Waals surface area contributed by atoms with E-state index >= 15 is 0 Å². The van der Waals surface area contributed by atoms with Gasteiger partial charge in [0, 0.05) is 21.4 Å². The molecular weight excluding hydrogens is 439 g/mol. The molecule has 130 valence electrons. The molecule has 2 aromatic rings. The van der Waals surface area contributed by atoms with Crippen molar-refractivity contribution in [2.45, 2.75) is 13.3 Å². The summed E-state index contributed by atoms with van der Waals surface area (Å²) in [5.74, 6) is -0.801. The van der Waals surface area contributed by atoms with Gasteiger partial charge in [0.25, 0.3) is 11.6 Å². The molecule has 0 bridgehead atoms. The molecule has 0 saturated heterocycles. The summed E-state index contributed by atoms with van der Waals surface area (Å²) in [4.78, 5) is 34.3. The zero-order chi connectivity index (χ0) is 18.4. The zero-order valence-corrected chi connectivity index (χ0v) is 15.5. The van der Waals surface area contributed by atoms with Gasteiger partial charge in [-0.15, -0.1) is 0 Å². The Morgan fingerprint density at radius 2 is 1.88 bits per heavy atom. The molecule has 0 atom stereocenters. The Bertz CT molecular complexity index is 805. The van der Waals surface area contributed by atoms with Crippen LogP contribution in [0.25, 0.3) is 0 Å². The van der Waals surface area contributed by atoms with Crippen molar-refractivity contribution in [3.63, 3.8) is 0 Å². The highest BCUT2D eigenvalue weighted by molar-refractivity contribution is 14.1. The highest BCUT2D eigenvalue weighted by Crippen LogP contribution is 2.21. The number of nitro benzene ring substituents is 1. The number of nitrogens with zero attached hydrogens (tertiary/aromatic N) is 1. The first-order valence-corrected chi connectivity index (χ1v) is 8.52. The summed E-state index contributed by atoms with van der Waals surface area (Å²) in [6.07, 6.45) is 0.744. The number of rotatable bonds is 6.